The van der Waals surface area contributed by atoms with Crippen molar-refractivity contribution in [2.45, 2.75) is 19.9 Å². The molecule has 0 fully saturated rings. The molecule has 19 heavy (non-hydrogen) atoms. The van der Waals surface area contributed by atoms with E-state index in [1.807, 2.05) is 12.1 Å². The summed E-state index contributed by atoms with van der Waals surface area (Å²) in [6, 6.07) is 14.7. The van der Waals surface area contributed by atoms with Gasteiger partial charge in [-0.3, -0.25) is 0 Å². The fourth-order valence-corrected chi connectivity index (χ4v) is 2.26. The molecule has 0 aliphatic carbocycles. The van der Waals surface area contributed by atoms with Crippen molar-refractivity contribution in [1.82, 2.24) is 0 Å². The molecule has 0 spiro atoms. The second-order valence-corrected chi connectivity index (χ2v) is 5.51. The van der Waals surface area contributed by atoms with Gasteiger partial charge in [0.05, 0.1) is 7.11 Å². The van der Waals surface area contributed by atoms with Gasteiger partial charge in [-0.1, -0.05) is 28.1 Å². The fourth-order valence-electron chi connectivity index (χ4n) is 1.99. The van der Waals surface area contributed by atoms with Crippen LogP contribution >= 0.6 is 15.9 Å². The molecule has 1 unspecified atom stereocenters. The smallest absolute Gasteiger partial charge is 0.119 e. The molecule has 0 saturated heterocycles. The van der Waals surface area contributed by atoms with E-state index >= 15 is 0 Å². The van der Waals surface area contributed by atoms with Crippen LogP contribution in [-0.4, -0.2) is 7.11 Å². The molecule has 1 atom stereocenters. The van der Waals surface area contributed by atoms with Crippen LogP contribution in [0.25, 0.3) is 0 Å². The molecule has 0 heterocycles. The van der Waals surface area contributed by atoms with Gasteiger partial charge in [-0.25, -0.2) is 0 Å². The van der Waals surface area contributed by atoms with E-state index in [9.17, 15) is 0 Å². The van der Waals surface area contributed by atoms with E-state index in [1.54, 1.807) is 7.11 Å². The summed E-state index contributed by atoms with van der Waals surface area (Å²) in [5, 5.41) is 3.53. The Balaban J connectivity index is 2.14. The van der Waals surface area contributed by atoms with Crippen molar-refractivity contribution in [3.05, 3.63) is 58.1 Å². The Morgan fingerprint density at radius 3 is 2.37 bits per heavy atom. The molecule has 3 heteroatoms. The summed E-state index contributed by atoms with van der Waals surface area (Å²) < 4.78 is 6.32. The lowest BCUT2D eigenvalue weighted by Crippen LogP contribution is -2.07. The second-order valence-electron chi connectivity index (χ2n) is 4.60. The topological polar surface area (TPSA) is 21.3 Å². The summed E-state index contributed by atoms with van der Waals surface area (Å²) in [5.74, 6) is 0.888. The van der Waals surface area contributed by atoms with Crippen LogP contribution in [0.15, 0.2) is 46.9 Å². The van der Waals surface area contributed by atoms with Gasteiger partial charge in [0, 0.05) is 16.2 Å². The summed E-state index contributed by atoms with van der Waals surface area (Å²) >= 11 is 3.45. The predicted molar refractivity (Wildman–Crippen MR) is 83.9 cm³/mol. The van der Waals surface area contributed by atoms with Crippen LogP contribution in [0.3, 0.4) is 0 Å². The molecule has 0 saturated carbocycles. The lowest BCUT2D eigenvalue weighted by molar-refractivity contribution is 0.414. The maximum absolute atomic E-state index is 5.22. The Bertz CT molecular complexity index is 551. The first-order valence-electron chi connectivity index (χ1n) is 6.27. The summed E-state index contributed by atoms with van der Waals surface area (Å²) in [6.07, 6.45) is 0. The Morgan fingerprint density at radius 1 is 1.11 bits per heavy atom. The molecule has 2 aromatic rings. The molecule has 2 rings (SSSR count). The highest BCUT2D eigenvalue weighted by atomic mass is 79.9. The average Bonchev–Trinajstić information content (AvgIpc) is 2.41. The number of halogens is 1. The normalized spacial score (nSPS) is 12.0. The zero-order chi connectivity index (χ0) is 13.8. The molecule has 2 nitrogen and oxygen atoms in total. The lowest BCUT2D eigenvalue weighted by Gasteiger charge is -2.18. The largest absolute Gasteiger partial charge is 0.497 e. The first-order chi connectivity index (χ1) is 9.10. The minimum absolute atomic E-state index is 0.264. The Labute approximate surface area is 122 Å². The summed E-state index contributed by atoms with van der Waals surface area (Å²) in [4.78, 5) is 0. The maximum atomic E-state index is 5.22. The van der Waals surface area contributed by atoms with E-state index in [1.165, 1.54) is 11.1 Å². The molecule has 1 N–H and O–H groups in total. The van der Waals surface area contributed by atoms with Crippen molar-refractivity contribution >= 4 is 21.6 Å². The minimum Gasteiger partial charge on any atom is -0.497 e. The molecule has 0 aliphatic heterocycles. The molecule has 0 amide bonds. The molecular weight excluding hydrogens is 302 g/mol. The van der Waals surface area contributed by atoms with Gasteiger partial charge in [0.25, 0.3) is 0 Å². The number of aryl methyl sites for hydroxylation is 1. The van der Waals surface area contributed by atoms with E-state index in [0.717, 1.165) is 15.9 Å². The molecule has 100 valence electrons. The highest BCUT2D eigenvalue weighted by Crippen LogP contribution is 2.26. The van der Waals surface area contributed by atoms with Crippen molar-refractivity contribution in [2.24, 2.45) is 0 Å². The standard InChI is InChI=1S/C16H18BrNO/c1-11-10-15(19-3)8-9-16(11)18-12(2)13-4-6-14(17)7-5-13/h4-10,12,18H,1-3H3. The minimum atomic E-state index is 0.264. The van der Waals surface area contributed by atoms with Gasteiger partial charge in [0.15, 0.2) is 0 Å². The van der Waals surface area contributed by atoms with Crippen LogP contribution < -0.4 is 10.1 Å². The van der Waals surface area contributed by atoms with Crippen molar-refractivity contribution in [2.75, 3.05) is 12.4 Å². The van der Waals surface area contributed by atoms with Gasteiger partial charge in [-0.2, -0.15) is 0 Å². The number of anilines is 1. The Kier molecular flexibility index (Phi) is 4.48. The number of rotatable bonds is 4. The Morgan fingerprint density at radius 2 is 1.79 bits per heavy atom. The highest BCUT2D eigenvalue weighted by Gasteiger charge is 2.07. The highest BCUT2D eigenvalue weighted by molar-refractivity contribution is 9.10. The molecular formula is C16H18BrNO. The van der Waals surface area contributed by atoms with Crippen LogP contribution in [-0.2, 0) is 0 Å². The van der Waals surface area contributed by atoms with Crippen molar-refractivity contribution in [1.29, 1.82) is 0 Å². The van der Waals surface area contributed by atoms with Crippen LogP contribution in [0, 0.1) is 6.92 Å². The first-order valence-corrected chi connectivity index (χ1v) is 7.06. The SMILES string of the molecule is COc1ccc(NC(C)c2ccc(Br)cc2)c(C)c1. The van der Waals surface area contributed by atoms with E-state index in [2.05, 4.69) is 65.4 Å². The van der Waals surface area contributed by atoms with Gasteiger partial charge in [0.2, 0.25) is 0 Å². The summed E-state index contributed by atoms with van der Waals surface area (Å²) in [6.45, 7) is 4.24. The quantitative estimate of drug-likeness (QED) is 0.861. The maximum Gasteiger partial charge on any atom is 0.119 e. The van der Waals surface area contributed by atoms with Gasteiger partial charge < -0.3 is 10.1 Å². The number of hydrogen-bond acceptors (Lipinski definition) is 2. The monoisotopic (exact) mass is 319 g/mol. The van der Waals surface area contributed by atoms with Crippen molar-refractivity contribution in [3.63, 3.8) is 0 Å². The van der Waals surface area contributed by atoms with Crippen molar-refractivity contribution in [3.8, 4) is 5.75 Å². The number of methoxy groups -OCH3 is 1. The van der Waals surface area contributed by atoms with E-state index < -0.39 is 0 Å². The summed E-state index contributed by atoms with van der Waals surface area (Å²) in [5.41, 5.74) is 3.58. The number of benzene rings is 2. The average molecular weight is 320 g/mol. The third kappa shape index (κ3) is 3.51. The third-order valence-corrected chi connectivity index (χ3v) is 3.70. The zero-order valence-electron chi connectivity index (χ0n) is 11.4. The number of hydrogen-bond donors (Lipinski definition) is 1. The predicted octanol–water partition coefficient (Wildman–Crippen LogP) is 4.94. The molecule has 0 aliphatic rings. The van der Waals surface area contributed by atoms with Crippen LogP contribution in [0.1, 0.15) is 24.1 Å². The van der Waals surface area contributed by atoms with Crippen LogP contribution in [0.4, 0.5) is 5.69 Å². The fraction of sp³-hybridized carbons (Fsp3) is 0.250. The third-order valence-electron chi connectivity index (χ3n) is 3.18. The molecule has 0 aromatic heterocycles. The Hall–Kier alpha value is -1.48. The van der Waals surface area contributed by atoms with E-state index in [-0.39, 0.29) is 6.04 Å². The first kappa shape index (κ1) is 13.9. The van der Waals surface area contributed by atoms with Crippen molar-refractivity contribution < 1.29 is 4.74 Å². The lowest BCUT2D eigenvalue weighted by atomic mass is 10.1. The zero-order valence-corrected chi connectivity index (χ0v) is 13.0. The summed E-state index contributed by atoms with van der Waals surface area (Å²) in [7, 11) is 1.69. The molecule has 2 aromatic carbocycles. The second kappa shape index (κ2) is 6.11. The number of nitrogens with one attached hydrogen (secondary N) is 1. The van der Waals surface area contributed by atoms with Crippen LogP contribution in [0.5, 0.6) is 5.75 Å². The number of ether oxygens (including phenoxy) is 1. The van der Waals surface area contributed by atoms with E-state index in [0.29, 0.717) is 0 Å². The van der Waals surface area contributed by atoms with Gasteiger partial charge in [0.1, 0.15) is 5.75 Å². The van der Waals surface area contributed by atoms with Gasteiger partial charge in [-0.05, 0) is 55.3 Å². The van der Waals surface area contributed by atoms with E-state index in [4.69, 9.17) is 4.74 Å². The van der Waals surface area contributed by atoms with Gasteiger partial charge in [-0.15, -0.1) is 0 Å². The molecule has 0 radical (unpaired) electrons. The van der Waals surface area contributed by atoms with Crippen LogP contribution in [0.2, 0.25) is 0 Å². The molecule has 0 bridgehead atoms. The van der Waals surface area contributed by atoms with Gasteiger partial charge >= 0.3 is 0 Å².